The molecule has 0 radical (unpaired) electrons. The highest BCUT2D eigenvalue weighted by atomic mass is 35.5. The highest BCUT2D eigenvalue weighted by Crippen LogP contribution is 2.34. The van der Waals surface area contributed by atoms with Gasteiger partial charge in [-0.2, -0.15) is 0 Å². The Morgan fingerprint density at radius 1 is 0.943 bits per heavy atom. The van der Waals surface area contributed by atoms with Gasteiger partial charge in [0.15, 0.2) is 23.0 Å². The predicted octanol–water partition coefficient (Wildman–Crippen LogP) is 2.48. The van der Waals surface area contributed by atoms with Crippen LogP contribution in [0.1, 0.15) is 46.4 Å². The highest BCUT2D eigenvalue weighted by Gasteiger charge is 2.39. The lowest BCUT2D eigenvalue weighted by Gasteiger charge is -2.33. The van der Waals surface area contributed by atoms with E-state index in [-0.39, 0.29) is 11.6 Å². The second kappa shape index (κ2) is 13.2. The maximum absolute atomic E-state index is 12.0. The van der Waals surface area contributed by atoms with Crippen LogP contribution in [0, 0.1) is 0 Å². The third-order valence-electron chi connectivity index (χ3n) is 4.54. The van der Waals surface area contributed by atoms with E-state index in [0.717, 1.165) is 13.8 Å². The number of hydrogen-bond donors (Lipinski definition) is 0. The molecule has 0 aliphatic rings. The van der Waals surface area contributed by atoms with Crippen LogP contribution < -0.4 is 0 Å². The van der Waals surface area contributed by atoms with E-state index in [1.807, 2.05) is 6.92 Å². The first-order valence-electron chi connectivity index (χ1n) is 10.6. The van der Waals surface area contributed by atoms with E-state index in [2.05, 4.69) is 15.0 Å². The molecule has 0 aliphatic carbocycles. The molecule has 4 unspecified atom stereocenters. The molecule has 0 spiro atoms. The Bertz CT molecular complexity index is 1070. The molecule has 0 amide bonds. The molecule has 0 saturated carbocycles. The van der Waals surface area contributed by atoms with Crippen molar-refractivity contribution >= 4 is 58.4 Å². The van der Waals surface area contributed by atoms with E-state index in [9.17, 15) is 19.2 Å². The molecule has 2 aromatic heterocycles. The molecule has 35 heavy (non-hydrogen) atoms. The number of fused-ring (bicyclic) bond motifs is 1. The summed E-state index contributed by atoms with van der Waals surface area (Å²) in [5.74, 6) is -2.03. The van der Waals surface area contributed by atoms with Gasteiger partial charge in [-0.1, -0.05) is 18.5 Å². The molecule has 0 aromatic carbocycles. The number of carbonyl (C=O) groups is 4. The smallest absolute Gasteiger partial charge is 0.303 e. The number of aromatic nitrogens is 4. The van der Waals surface area contributed by atoms with E-state index in [0.29, 0.717) is 16.9 Å². The van der Waals surface area contributed by atoms with Crippen LogP contribution in [0.3, 0.4) is 0 Å². The zero-order valence-corrected chi connectivity index (χ0v) is 21.5. The van der Waals surface area contributed by atoms with E-state index in [1.165, 1.54) is 38.3 Å². The largest absolute Gasteiger partial charge is 0.462 e. The summed E-state index contributed by atoms with van der Waals surface area (Å²) < 4.78 is 23.0. The zero-order valence-electron chi connectivity index (χ0n) is 19.9. The molecular weight excluding hydrogens is 504 g/mol. The first kappa shape index (κ1) is 28.3. The first-order valence-corrected chi connectivity index (χ1v) is 12.1. The fraction of sp³-hybridized carbons (Fsp3) is 0.571. The number of rotatable bonds is 12. The van der Waals surface area contributed by atoms with Crippen molar-refractivity contribution in [3.05, 3.63) is 17.8 Å². The zero-order chi connectivity index (χ0) is 26.1. The monoisotopic (exact) mass is 530 g/mol. The maximum Gasteiger partial charge on any atom is 0.303 e. The van der Waals surface area contributed by atoms with Crippen LogP contribution in [0.4, 0.5) is 0 Å². The van der Waals surface area contributed by atoms with Gasteiger partial charge in [0.1, 0.15) is 24.6 Å². The molecular formula is C21H27ClN4O8S. The van der Waals surface area contributed by atoms with Gasteiger partial charge >= 0.3 is 23.9 Å². The van der Waals surface area contributed by atoms with Gasteiger partial charge in [0.05, 0.1) is 11.7 Å². The van der Waals surface area contributed by atoms with E-state index in [4.69, 9.17) is 30.5 Å². The SMILES string of the molecule is CCSC(CC(OC(C)=O)C(OC(C)=O)C(COC(C)=O)OC(C)=O)n1cnc2c(Cl)ncnc21. The van der Waals surface area contributed by atoms with E-state index >= 15 is 0 Å². The molecule has 14 heteroatoms. The van der Waals surface area contributed by atoms with Gasteiger partial charge in [0, 0.05) is 34.1 Å². The van der Waals surface area contributed by atoms with Crippen molar-refractivity contribution in [2.24, 2.45) is 0 Å². The minimum Gasteiger partial charge on any atom is -0.462 e. The highest BCUT2D eigenvalue weighted by molar-refractivity contribution is 7.99. The summed E-state index contributed by atoms with van der Waals surface area (Å²) in [5.41, 5.74) is 0.849. The topological polar surface area (TPSA) is 149 Å². The number of halogens is 1. The summed E-state index contributed by atoms with van der Waals surface area (Å²) in [6.45, 7) is 6.23. The average molecular weight is 531 g/mol. The molecule has 4 atom stereocenters. The number of carbonyl (C=O) groups excluding carboxylic acids is 4. The summed E-state index contributed by atoms with van der Waals surface area (Å²) in [5, 5.41) is -0.232. The number of imidazole rings is 1. The summed E-state index contributed by atoms with van der Waals surface area (Å²) in [6, 6.07) is 0. The first-order chi connectivity index (χ1) is 16.5. The van der Waals surface area contributed by atoms with Crippen LogP contribution in [0.25, 0.3) is 11.2 Å². The second-order valence-corrected chi connectivity index (χ2v) is 9.12. The van der Waals surface area contributed by atoms with E-state index in [1.54, 1.807) is 4.57 Å². The molecule has 12 nitrogen and oxygen atoms in total. The fourth-order valence-corrected chi connectivity index (χ4v) is 4.54. The Morgan fingerprint density at radius 2 is 1.57 bits per heavy atom. The quantitative estimate of drug-likeness (QED) is 0.225. The minimum absolute atomic E-state index is 0.0982. The van der Waals surface area contributed by atoms with E-state index < -0.39 is 54.2 Å². The Labute approximate surface area is 211 Å². The molecule has 0 N–H and O–H groups in total. The van der Waals surface area contributed by atoms with Crippen LogP contribution in [-0.2, 0) is 38.1 Å². The average Bonchev–Trinajstić information content (AvgIpc) is 3.19. The summed E-state index contributed by atoms with van der Waals surface area (Å²) in [6.07, 6.45) is -0.651. The van der Waals surface area contributed by atoms with Crippen LogP contribution in [0.5, 0.6) is 0 Å². The van der Waals surface area contributed by atoms with Crippen molar-refractivity contribution in [3.63, 3.8) is 0 Å². The van der Waals surface area contributed by atoms with Crippen molar-refractivity contribution in [2.45, 2.75) is 64.7 Å². The molecule has 192 valence electrons. The van der Waals surface area contributed by atoms with Gasteiger partial charge in [0.2, 0.25) is 0 Å². The lowest BCUT2D eigenvalue weighted by Crippen LogP contribution is -2.48. The number of nitrogens with zero attached hydrogens (tertiary/aromatic N) is 4. The summed E-state index contributed by atoms with van der Waals surface area (Å²) >= 11 is 7.62. The van der Waals surface area contributed by atoms with Gasteiger partial charge in [-0.25, -0.2) is 15.0 Å². The van der Waals surface area contributed by atoms with Crippen molar-refractivity contribution in [2.75, 3.05) is 12.4 Å². The Hall–Kier alpha value is -2.93. The molecule has 0 saturated heterocycles. The van der Waals surface area contributed by atoms with Crippen molar-refractivity contribution in [1.82, 2.24) is 19.5 Å². The Kier molecular flexibility index (Phi) is 10.7. The van der Waals surface area contributed by atoms with Crippen LogP contribution >= 0.6 is 23.4 Å². The van der Waals surface area contributed by atoms with Crippen molar-refractivity contribution in [3.8, 4) is 0 Å². The predicted molar refractivity (Wildman–Crippen MR) is 125 cm³/mol. The number of hydrogen-bond acceptors (Lipinski definition) is 12. The molecule has 2 rings (SSSR count). The minimum atomic E-state index is -1.27. The standard InChI is InChI=1S/C21H27ClN4O8S/c1-6-35-17(26-10-25-18-20(22)23-9-24-21(18)26)7-15(32-12(3)28)19(34-14(5)30)16(33-13(4)29)8-31-11(2)27/h9-10,15-17,19H,6-8H2,1-5H3. The summed E-state index contributed by atoms with van der Waals surface area (Å²) in [7, 11) is 0. The van der Waals surface area contributed by atoms with Crippen LogP contribution in [-0.4, -0.2) is 74.1 Å². The van der Waals surface area contributed by atoms with Crippen LogP contribution in [0.2, 0.25) is 5.15 Å². The lowest BCUT2D eigenvalue weighted by molar-refractivity contribution is -0.189. The third-order valence-corrected chi connectivity index (χ3v) is 5.95. The van der Waals surface area contributed by atoms with Gasteiger partial charge in [-0.15, -0.1) is 11.8 Å². The maximum atomic E-state index is 12.0. The molecule has 2 aromatic rings. The van der Waals surface area contributed by atoms with Crippen LogP contribution in [0.15, 0.2) is 12.7 Å². The van der Waals surface area contributed by atoms with Crippen molar-refractivity contribution < 1.29 is 38.1 Å². The molecule has 0 fully saturated rings. The Morgan fingerprint density at radius 3 is 2.14 bits per heavy atom. The number of thioether (sulfide) groups is 1. The molecule has 0 bridgehead atoms. The molecule has 0 aliphatic heterocycles. The normalized spacial score (nSPS) is 14.5. The second-order valence-electron chi connectivity index (χ2n) is 7.31. The van der Waals surface area contributed by atoms with Gasteiger partial charge in [0.25, 0.3) is 0 Å². The summed E-state index contributed by atoms with van der Waals surface area (Å²) in [4.78, 5) is 59.6. The Balaban J connectivity index is 2.50. The van der Waals surface area contributed by atoms with Crippen molar-refractivity contribution in [1.29, 1.82) is 0 Å². The van der Waals surface area contributed by atoms with Gasteiger partial charge in [-0.05, 0) is 5.75 Å². The lowest BCUT2D eigenvalue weighted by atomic mass is 10.0. The molecule has 2 heterocycles. The van der Waals surface area contributed by atoms with Gasteiger partial charge in [-0.3, -0.25) is 19.2 Å². The number of esters is 4. The third kappa shape index (κ3) is 8.35. The van der Waals surface area contributed by atoms with Gasteiger partial charge < -0.3 is 23.5 Å². The fourth-order valence-electron chi connectivity index (χ4n) is 3.34. The number of ether oxygens (including phenoxy) is 4.